The Morgan fingerprint density at radius 3 is 2.43 bits per heavy atom. The van der Waals surface area contributed by atoms with Crippen molar-refractivity contribution in [2.45, 2.75) is 110 Å². The summed E-state index contributed by atoms with van der Waals surface area (Å²) in [5.74, 6) is -0.933. The fourth-order valence-corrected chi connectivity index (χ4v) is 9.09. The molecule has 4 heterocycles. The lowest BCUT2D eigenvalue weighted by Gasteiger charge is -2.35. The SMILES string of the molecule is CCc1ccc2c(c1)c(=O)c(C(=O)Nc1ccc(Oc3ncnc4cc(OCCCCCCCCCC(O)Nc5ccc6c(c5)C(=O)N(C5CCC(=O)NC5O)C6)c(OC)cc34)c(F)c1)c(C)n2C. The first kappa shape index (κ1) is 48.4. The van der Waals surface area contributed by atoms with Gasteiger partial charge in [-0.1, -0.05) is 51.2 Å². The van der Waals surface area contributed by atoms with E-state index in [-0.39, 0.29) is 41.1 Å². The van der Waals surface area contributed by atoms with E-state index in [9.17, 15) is 29.4 Å². The molecule has 0 spiro atoms. The number of aromatic nitrogens is 3. The van der Waals surface area contributed by atoms with Gasteiger partial charge >= 0.3 is 0 Å². The zero-order valence-electron chi connectivity index (χ0n) is 39.3. The second-order valence-electron chi connectivity index (χ2n) is 17.6. The number of methoxy groups -OCH3 is 1. The van der Waals surface area contributed by atoms with Crippen molar-refractivity contribution in [2.75, 3.05) is 24.4 Å². The van der Waals surface area contributed by atoms with Crippen LogP contribution in [0.15, 0.2) is 77.9 Å². The molecule has 2 aliphatic heterocycles. The number of aryl methyl sites for hydroxylation is 2. The van der Waals surface area contributed by atoms with Gasteiger partial charge in [-0.05, 0) is 92.6 Å². The highest BCUT2D eigenvalue weighted by molar-refractivity contribution is 6.07. The highest BCUT2D eigenvalue weighted by atomic mass is 19.1. The maximum Gasteiger partial charge on any atom is 0.261 e. The second kappa shape index (κ2) is 21.5. The van der Waals surface area contributed by atoms with Crippen molar-refractivity contribution in [1.29, 1.82) is 0 Å². The van der Waals surface area contributed by atoms with E-state index in [1.165, 1.54) is 25.6 Å². The highest BCUT2D eigenvalue weighted by Gasteiger charge is 2.39. The molecule has 1 fully saturated rings. The van der Waals surface area contributed by atoms with E-state index in [0.29, 0.717) is 70.7 Å². The number of nitrogens with zero attached hydrogens (tertiary/aromatic N) is 4. The predicted molar refractivity (Wildman–Crippen MR) is 259 cm³/mol. The Morgan fingerprint density at radius 1 is 0.913 bits per heavy atom. The number of aliphatic hydroxyl groups excluding tert-OH is 2. The third-order valence-electron chi connectivity index (χ3n) is 13.1. The van der Waals surface area contributed by atoms with Gasteiger partial charge in [0.15, 0.2) is 23.1 Å². The molecule has 6 aromatic rings. The molecule has 3 atom stereocenters. The lowest BCUT2D eigenvalue weighted by molar-refractivity contribution is -0.129. The molecular formula is C52H58FN7O9. The molecular weight excluding hydrogens is 886 g/mol. The molecule has 2 aliphatic rings. The Hall–Kier alpha value is -7.11. The number of hydrogen-bond donors (Lipinski definition) is 5. The van der Waals surface area contributed by atoms with Crippen molar-refractivity contribution in [3.8, 4) is 23.1 Å². The third-order valence-corrected chi connectivity index (χ3v) is 13.1. The summed E-state index contributed by atoms with van der Waals surface area (Å²) in [6.07, 6.45) is 8.16. The van der Waals surface area contributed by atoms with E-state index in [0.717, 1.165) is 74.1 Å². The number of hydrogen-bond acceptors (Lipinski definition) is 12. The first-order valence-electron chi connectivity index (χ1n) is 23.6. The number of ether oxygens (including phenoxy) is 3. The van der Waals surface area contributed by atoms with E-state index in [1.54, 1.807) is 47.7 Å². The number of anilines is 2. The molecule has 3 unspecified atom stereocenters. The van der Waals surface area contributed by atoms with Gasteiger partial charge in [-0.2, -0.15) is 0 Å². The summed E-state index contributed by atoms with van der Waals surface area (Å²) in [6, 6.07) is 18.0. The van der Waals surface area contributed by atoms with Gasteiger partial charge in [0, 0.05) is 60.2 Å². The van der Waals surface area contributed by atoms with Crippen molar-refractivity contribution in [3.05, 3.63) is 117 Å². The number of amides is 3. The lowest BCUT2D eigenvalue weighted by atomic mass is 10.0. The van der Waals surface area contributed by atoms with E-state index in [2.05, 4.69) is 25.9 Å². The Bertz CT molecular complexity index is 2960. The molecule has 2 aromatic heterocycles. The zero-order valence-corrected chi connectivity index (χ0v) is 39.3. The molecule has 362 valence electrons. The number of piperidine rings is 1. The topological polar surface area (TPSA) is 206 Å². The average Bonchev–Trinajstić information content (AvgIpc) is 3.66. The summed E-state index contributed by atoms with van der Waals surface area (Å²) in [6.45, 7) is 4.53. The molecule has 3 amide bonds. The molecule has 0 bridgehead atoms. The largest absolute Gasteiger partial charge is 0.493 e. The first-order valence-corrected chi connectivity index (χ1v) is 23.6. The van der Waals surface area contributed by atoms with E-state index in [4.69, 9.17) is 14.2 Å². The van der Waals surface area contributed by atoms with Crippen LogP contribution in [0.5, 0.6) is 23.1 Å². The fraction of sp³-hybridized carbons (Fsp3) is 0.385. The number of unbranched alkanes of at least 4 members (excludes halogenated alkanes) is 6. The second-order valence-corrected chi connectivity index (χ2v) is 17.6. The summed E-state index contributed by atoms with van der Waals surface area (Å²) in [7, 11) is 3.32. The minimum Gasteiger partial charge on any atom is -0.493 e. The van der Waals surface area contributed by atoms with Crippen LogP contribution in [-0.4, -0.2) is 79.6 Å². The van der Waals surface area contributed by atoms with Crippen LogP contribution in [0.4, 0.5) is 15.8 Å². The number of aliphatic hydroxyl groups is 2. The van der Waals surface area contributed by atoms with Crippen molar-refractivity contribution in [2.24, 2.45) is 7.05 Å². The number of halogens is 1. The Balaban J connectivity index is 0.764. The minimum atomic E-state index is -1.09. The minimum absolute atomic E-state index is 0.0166. The van der Waals surface area contributed by atoms with Crippen LogP contribution in [-0.2, 0) is 24.8 Å². The quantitative estimate of drug-likeness (QED) is 0.0364. The predicted octanol–water partition coefficient (Wildman–Crippen LogP) is 8.03. The lowest BCUT2D eigenvalue weighted by Crippen LogP contribution is -2.55. The Kier molecular flexibility index (Phi) is 15.0. The summed E-state index contributed by atoms with van der Waals surface area (Å²) in [5, 5.41) is 30.2. The van der Waals surface area contributed by atoms with Crippen LogP contribution in [0, 0.1) is 12.7 Å². The number of rotatable bonds is 20. The van der Waals surface area contributed by atoms with Gasteiger partial charge in [0.2, 0.25) is 17.2 Å². The number of nitrogens with one attached hydrogen (secondary N) is 3. The summed E-state index contributed by atoms with van der Waals surface area (Å²) in [5.41, 5.74) is 4.46. The number of carbonyl (C=O) groups is 3. The average molecular weight is 944 g/mol. The Morgan fingerprint density at radius 2 is 1.68 bits per heavy atom. The van der Waals surface area contributed by atoms with Crippen LogP contribution in [0.2, 0.25) is 0 Å². The van der Waals surface area contributed by atoms with Crippen molar-refractivity contribution in [3.63, 3.8) is 0 Å². The molecule has 5 N–H and O–H groups in total. The molecule has 0 aliphatic carbocycles. The molecule has 0 radical (unpaired) electrons. The molecule has 0 saturated carbocycles. The molecule has 17 heteroatoms. The van der Waals surface area contributed by atoms with E-state index >= 15 is 4.39 Å². The summed E-state index contributed by atoms with van der Waals surface area (Å²) >= 11 is 0. The summed E-state index contributed by atoms with van der Waals surface area (Å²) < 4.78 is 35.0. The number of pyridine rings is 1. The number of fused-ring (bicyclic) bond motifs is 3. The van der Waals surface area contributed by atoms with Gasteiger partial charge in [0.05, 0.1) is 36.2 Å². The summed E-state index contributed by atoms with van der Waals surface area (Å²) in [4.78, 5) is 62.0. The van der Waals surface area contributed by atoms with Gasteiger partial charge in [0.1, 0.15) is 24.3 Å². The van der Waals surface area contributed by atoms with Gasteiger partial charge in [-0.15, -0.1) is 0 Å². The standard InChI is InChI=1S/C52H58FN7O9/c1-5-31-14-18-40-37(23-31)48(63)47(30(2)59(40)3)50(65)57-34-17-20-42(38(53)25-34)69-51-36-26-43(67-4)44(27-39(36)54-29-55-51)68-22-12-10-8-6-7-9-11-13-45(61)56-33-16-15-32-28-60(52(66)35(32)24-33)41-19-21-46(62)58-49(41)64/h14-18,20,23-27,29,41,45,49,56,61,64H,5-13,19,21-22,28H2,1-4H3,(H,57,65)(H,58,62). The van der Waals surface area contributed by atoms with Gasteiger partial charge in [-0.25, -0.2) is 14.4 Å². The first-order chi connectivity index (χ1) is 33.3. The number of carbonyl (C=O) groups excluding carboxylic acids is 3. The highest BCUT2D eigenvalue weighted by Crippen LogP contribution is 2.37. The van der Waals surface area contributed by atoms with Crippen LogP contribution >= 0.6 is 0 Å². The normalized spacial score (nSPS) is 16.1. The number of benzene rings is 4. The molecule has 16 nitrogen and oxygen atoms in total. The van der Waals surface area contributed by atoms with Crippen molar-refractivity contribution < 1.29 is 43.2 Å². The van der Waals surface area contributed by atoms with Crippen molar-refractivity contribution in [1.82, 2.24) is 24.8 Å². The van der Waals surface area contributed by atoms with Crippen LogP contribution < -0.4 is 35.6 Å². The van der Waals surface area contributed by atoms with Gasteiger partial charge in [0.25, 0.3) is 11.8 Å². The Labute approximate surface area is 398 Å². The zero-order chi connectivity index (χ0) is 48.8. The van der Waals surface area contributed by atoms with Gasteiger partial charge < -0.3 is 49.8 Å². The monoisotopic (exact) mass is 943 g/mol. The van der Waals surface area contributed by atoms with E-state index < -0.39 is 35.7 Å². The van der Waals surface area contributed by atoms with Crippen LogP contribution in [0.3, 0.4) is 0 Å². The molecule has 8 rings (SSSR count). The molecule has 1 saturated heterocycles. The molecule has 69 heavy (non-hydrogen) atoms. The van der Waals surface area contributed by atoms with Gasteiger partial charge in [-0.3, -0.25) is 19.2 Å². The van der Waals surface area contributed by atoms with Crippen LogP contribution in [0.1, 0.15) is 109 Å². The maximum absolute atomic E-state index is 15.6. The third kappa shape index (κ3) is 10.8. The smallest absolute Gasteiger partial charge is 0.261 e. The maximum atomic E-state index is 15.6. The van der Waals surface area contributed by atoms with Crippen molar-refractivity contribution >= 4 is 50.9 Å². The van der Waals surface area contributed by atoms with Crippen LogP contribution in [0.25, 0.3) is 21.8 Å². The van der Waals surface area contributed by atoms with E-state index in [1.807, 2.05) is 31.2 Å². The fourth-order valence-electron chi connectivity index (χ4n) is 9.09. The molecule has 4 aromatic carbocycles.